The molecule has 0 atom stereocenters. The molecule has 2 heterocycles. The maximum Gasteiger partial charge on any atom is 0.222 e. The van der Waals surface area contributed by atoms with Gasteiger partial charge in [0.25, 0.3) is 0 Å². The first kappa shape index (κ1) is 23.7. The molecule has 0 saturated carbocycles. The van der Waals surface area contributed by atoms with Crippen molar-refractivity contribution >= 4 is 35.8 Å². The molecule has 154 valence electrons. The molecule has 0 aromatic carbocycles. The first-order chi connectivity index (χ1) is 12.6. The van der Waals surface area contributed by atoms with Crippen molar-refractivity contribution < 1.29 is 9.32 Å². The number of carbonyl (C=O) groups is 1. The lowest BCUT2D eigenvalue weighted by atomic mass is 10.1. The normalized spacial score (nSPS) is 15.5. The minimum Gasteiger partial charge on any atom is -0.359 e. The van der Waals surface area contributed by atoms with Crippen LogP contribution in [0.3, 0.4) is 0 Å². The van der Waals surface area contributed by atoms with Gasteiger partial charge in [-0.25, -0.2) is 4.99 Å². The minimum atomic E-state index is 0. The standard InChI is InChI=1S/C19H33N5O2.HI/c1-4-20-19(22-14-16-13-17(15(2)3)23-26-16)21-10-8-12-24-11-7-5-6-9-18(24)25;/h13,15H,4-12,14H2,1-3H3,(H2,20,21,22);1H. The predicted octanol–water partition coefficient (Wildman–Crippen LogP) is 3.26. The van der Waals surface area contributed by atoms with E-state index in [4.69, 9.17) is 4.52 Å². The van der Waals surface area contributed by atoms with Crippen molar-refractivity contribution in [2.45, 2.75) is 65.3 Å². The van der Waals surface area contributed by atoms with Crippen LogP contribution in [-0.4, -0.2) is 48.1 Å². The van der Waals surface area contributed by atoms with Crippen LogP contribution < -0.4 is 10.6 Å². The number of halogens is 1. The van der Waals surface area contributed by atoms with Gasteiger partial charge in [0, 0.05) is 38.7 Å². The zero-order valence-electron chi connectivity index (χ0n) is 16.8. The van der Waals surface area contributed by atoms with Gasteiger partial charge < -0.3 is 20.1 Å². The molecule has 1 aromatic heterocycles. The zero-order valence-corrected chi connectivity index (χ0v) is 19.1. The van der Waals surface area contributed by atoms with Gasteiger partial charge in [-0.05, 0) is 32.1 Å². The van der Waals surface area contributed by atoms with Gasteiger partial charge in [-0.1, -0.05) is 25.4 Å². The summed E-state index contributed by atoms with van der Waals surface area (Å²) in [6.45, 7) is 9.96. The lowest BCUT2D eigenvalue weighted by Gasteiger charge is -2.20. The van der Waals surface area contributed by atoms with Gasteiger partial charge in [0.2, 0.25) is 5.91 Å². The lowest BCUT2D eigenvalue weighted by molar-refractivity contribution is -0.130. The number of carbonyl (C=O) groups excluding carboxylic acids is 1. The maximum atomic E-state index is 12.0. The molecule has 1 aliphatic heterocycles. The summed E-state index contributed by atoms with van der Waals surface area (Å²) in [5.74, 6) is 2.18. The summed E-state index contributed by atoms with van der Waals surface area (Å²) < 4.78 is 5.33. The van der Waals surface area contributed by atoms with E-state index in [1.54, 1.807) is 0 Å². The molecular formula is C19H34IN5O2. The van der Waals surface area contributed by atoms with Gasteiger partial charge in [-0.15, -0.1) is 24.0 Å². The van der Waals surface area contributed by atoms with E-state index in [-0.39, 0.29) is 24.0 Å². The van der Waals surface area contributed by atoms with E-state index in [2.05, 4.69) is 34.6 Å². The Morgan fingerprint density at radius 3 is 2.85 bits per heavy atom. The largest absolute Gasteiger partial charge is 0.359 e. The van der Waals surface area contributed by atoms with Gasteiger partial charge in [-0.3, -0.25) is 4.79 Å². The van der Waals surface area contributed by atoms with E-state index >= 15 is 0 Å². The minimum absolute atomic E-state index is 0. The van der Waals surface area contributed by atoms with Crippen LogP contribution in [0.25, 0.3) is 0 Å². The van der Waals surface area contributed by atoms with Crippen LogP contribution in [0, 0.1) is 0 Å². The van der Waals surface area contributed by atoms with Gasteiger partial charge in [0.1, 0.15) is 6.54 Å². The Bertz CT molecular complexity index is 588. The number of likely N-dealkylation sites (tertiary alicyclic amines) is 1. The molecule has 0 bridgehead atoms. The summed E-state index contributed by atoms with van der Waals surface area (Å²) in [5, 5.41) is 10.6. The van der Waals surface area contributed by atoms with Crippen molar-refractivity contribution in [3.05, 3.63) is 17.5 Å². The molecular weight excluding hydrogens is 457 g/mol. The highest BCUT2D eigenvalue weighted by molar-refractivity contribution is 14.0. The first-order valence-electron chi connectivity index (χ1n) is 9.85. The van der Waals surface area contributed by atoms with Crippen LogP contribution in [0.15, 0.2) is 15.6 Å². The van der Waals surface area contributed by atoms with Gasteiger partial charge in [0.05, 0.1) is 5.69 Å². The molecule has 27 heavy (non-hydrogen) atoms. The third-order valence-electron chi connectivity index (χ3n) is 4.47. The van der Waals surface area contributed by atoms with E-state index in [1.165, 1.54) is 0 Å². The average Bonchev–Trinajstić information content (AvgIpc) is 3.01. The van der Waals surface area contributed by atoms with Crippen molar-refractivity contribution in [1.29, 1.82) is 0 Å². The second-order valence-corrected chi connectivity index (χ2v) is 7.04. The van der Waals surface area contributed by atoms with Crippen molar-refractivity contribution in [1.82, 2.24) is 20.7 Å². The highest BCUT2D eigenvalue weighted by atomic mass is 127. The maximum absolute atomic E-state index is 12.0. The van der Waals surface area contributed by atoms with Crippen LogP contribution in [-0.2, 0) is 11.3 Å². The Morgan fingerprint density at radius 2 is 2.15 bits per heavy atom. The lowest BCUT2D eigenvalue weighted by Crippen LogP contribution is -2.39. The fourth-order valence-electron chi connectivity index (χ4n) is 2.93. The average molecular weight is 491 g/mol. The summed E-state index contributed by atoms with van der Waals surface area (Å²) in [4.78, 5) is 18.6. The number of hydrogen-bond donors (Lipinski definition) is 2. The number of rotatable bonds is 8. The van der Waals surface area contributed by atoms with E-state index in [1.807, 2.05) is 17.9 Å². The number of nitrogens with one attached hydrogen (secondary N) is 2. The van der Waals surface area contributed by atoms with Crippen molar-refractivity contribution in [2.24, 2.45) is 4.99 Å². The van der Waals surface area contributed by atoms with Gasteiger partial charge in [0.15, 0.2) is 11.7 Å². The molecule has 1 amide bonds. The van der Waals surface area contributed by atoms with Gasteiger partial charge in [-0.2, -0.15) is 0 Å². The van der Waals surface area contributed by atoms with Crippen molar-refractivity contribution in [3.8, 4) is 0 Å². The monoisotopic (exact) mass is 491 g/mol. The van der Waals surface area contributed by atoms with E-state index in [0.717, 1.165) is 69.3 Å². The molecule has 0 radical (unpaired) electrons. The van der Waals surface area contributed by atoms with Crippen molar-refractivity contribution in [2.75, 3.05) is 26.2 Å². The van der Waals surface area contributed by atoms with E-state index in [0.29, 0.717) is 24.8 Å². The molecule has 1 aromatic rings. The van der Waals surface area contributed by atoms with Crippen LogP contribution in [0.1, 0.15) is 70.2 Å². The van der Waals surface area contributed by atoms with Gasteiger partial charge >= 0.3 is 0 Å². The zero-order chi connectivity index (χ0) is 18.8. The Kier molecular flexibility index (Phi) is 11.4. The van der Waals surface area contributed by atoms with Crippen LogP contribution >= 0.6 is 24.0 Å². The van der Waals surface area contributed by atoms with Crippen LogP contribution in [0.2, 0.25) is 0 Å². The smallest absolute Gasteiger partial charge is 0.222 e. The molecule has 0 aliphatic carbocycles. The number of nitrogens with zero attached hydrogens (tertiary/aromatic N) is 3. The molecule has 0 spiro atoms. The Hall–Kier alpha value is -1.32. The molecule has 1 saturated heterocycles. The summed E-state index contributed by atoms with van der Waals surface area (Å²) >= 11 is 0. The summed E-state index contributed by atoms with van der Waals surface area (Å²) in [6, 6.07) is 1.96. The summed E-state index contributed by atoms with van der Waals surface area (Å²) in [6.07, 6.45) is 4.94. The highest BCUT2D eigenvalue weighted by Gasteiger charge is 2.15. The van der Waals surface area contributed by atoms with E-state index < -0.39 is 0 Å². The third-order valence-corrected chi connectivity index (χ3v) is 4.47. The van der Waals surface area contributed by atoms with Crippen molar-refractivity contribution in [3.63, 3.8) is 0 Å². The van der Waals surface area contributed by atoms with Crippen LogP contribution in [0.5, 0.6) is 0 Å². The number of guanidine groups is 1. The second kappa shape index (κ2) is 13.0. The third kappa shape index (κ3) is 8.49. The number of aliphatic imine (C=N–C) groups is 1. The summed E-state index contributed by atoms with van der Waals surface area (Å²) in [5.41, 5.74) is 0.954. The predicted molar refractivity (Wildman–Crippen MR) is 118 cm³/mol. The molecule has 2 rings (SSSR count). The first-order valence-corrected chi connectivity index (χ1v) is 9.85. The Morgan fingerprint density at radius 1 is 1.33 bits per heavy atom. The fourth-order valence-corrected chi connectivity index (χ4v) is 2.93. The SMILES string of the molecule is CCNC(=NCc1cc(C(C)C)no1)NCCCN1CCCCCC1=O.I. The highest BCUT2D eigenvalue weighted by Crippen LogP contribution is 2.14. The van der Waals surface area contributed by atoms with Crippen LogP contribution in [0.4, 0.5) is 0 Å². The van der Waals surface area contributed by atoms with E-state index in [9.17, 15) is 4.79 Å². The Labute approximate surface area is 179 Å². The molecule has 0 unspecified atom stereocenters. The Balaban J connectivity index is 0.00000364. The second-order valence-electron chi connectivity index (χ2n) is 7.04. The molecule has 8 heteroatoms. The molecule has 1 aliphatic rings. The molecule has 2 N–H and O–H groups in total. The molecule has 1 fully saturated rings. The number of amides is 1. The quantitative estimate of drug-likeness (QED) is 0.253. The number of hydrogen-bond acceptors (Lipinski definition) is 4. The molecule has 7 nitrogen and oxygen atoms in total. The number of aromatic nitrogens is 1. The summed E-state index contributed by atoms with van der Waals surface area (Å²) in [7, 11) is 0. The fraction of sp³-hybridized carbons (Fsp3) is 0.737. The topological polar surface area (TPSA) is 82.8 Å².